The number of aromatic amines is 1. The average molecular weight is 377 g/mol. The third-order valence-electron chi connectivity index (χ3n) is 4.85. The van der Waals surface area contributed by atoms with Crippen LogP contribution in [-0.2, 0) is 4.79 Å². The Balaban J connectivity index is 1.83. The van der Waals surface area contributed by atoms with Gasteiger partial charge in [-0.2, -0.15) is 5.10 Å². The van der Waals surface area contributed by atoms with Crippen LogP contribution in [0.3, 0.4) is 0 Å². The number of hydrogen-bond donors (Lipinski definition) is 2. The number of hydrogen-bond acceptors (Lipinski definition) is 5. The van der Waals surface area contributed by atoms with Crippen molar-refractivity contribution in [2.75, 3.05) is 19.5 Å². The van der Waals surface area contributed by atoms with Gasteiger partial charge in [0.25, 0.3) is 0 Å². The molecule has 0 aliphatic carbocycles. The summed E-state index contributed by atoms with van der Waals surface area (Å²) in [5, 5.41) is 9.94. The Bertz CT molecular complexity index is 1040. The number of aromatic nitrogens is 2. The zero-order chi connectivity index (χ0) is 19.7. The standard InChI is InChI=1S/C21H19N3O4/c1-27-13-8-9-16(28-2)14(10-13)20(26)15-11-17(25)22-21-18(15)19(23-24-21)12-6-4-3-5-7-12/h3-10,15H,11H2,1-2H3,(H2,22,23,24,25). The van der Waals surface area contributed by atoms with Gasteiger partial charge < -0.3 is 14.8 Å². The molecule has 2 aromatic carbocycles. The number of methoxy groups -OCH3 is 2. The predicted octanol–water partition coefficient (Wildman–Crippen LogP) is 3.40. The highest BCUT2D eigenvalue weighted by atomic mass is 16.5. The predicted molar refractivity (Wildman–Crippen MR) is 104 cm³/mol. The van der Waals surface area contributed by atoms with E-state index in [0.29, 0.717) is 28.4 Å². The highest BCUT2D eigenvalue weighted by Gasteiger charge is 2.37. The highest BCUT2D eigenvalue weighted by molar-refractivity contribution is 6.10. The molecule has 3 aromatic rings. The van der Waals surface area contributed by atoms with Gasteiger partial charge in [-0.05, 0) is 23.8 Å². The van der Waals surface area contributed by atoms with E-state index in [4.69, 9.17) is 9.47 Å². The molecule has 0 saturated carbocycles. The van der Waals surface area contributed by atoms with Gasteiger partial charge in [-0.15, -0.1) is 0 Å². The van der Waals surface area contributed by atoms with E-state index >= 15 is 0 Å². The van der Waals surface area contributed by atoms with Crippen molar-refractivity contribution in [3.63, 3.8) is 0 Å². The Morgan fingerprint density at radius 2 is 1.89 bits per heavy atom. The molecule has 1 aliphatic rings. The third-order valence-corrected chi connectivity index (χ3v) is 4.85. The number of carbonyl (C=O) groups is 2. The van der Waals surface area contributed by atoms with E-state index in [-0.39, 0.29) is 18.1 Å². The fraction of sp³-hybridized carbons (Fsp3) is 0.190. The Hall–Kier alpha value is -3.61. The number of ketones is 1. The Morgan fingerprint density at radius 1 is 1.11 bits per heavy atom. The van der Waals surface area contributed by atoms with Gasteiger partial charge in [0.15, 0.2) is 11.6 Å². The molecule has 1 amide bonds. The largest absolute Gasteiger partial charge is 0.497 e. The van der Waals surface area contributed by atoms with E-state index in [2.05, 4.69) is 15.5 Å². The average Bonchev–Trinajstić information content (AvgIpc) is 3.16. The number of fused-ring (bicyclic) bond motifs is 1. The van der Waals surface area contributed by atoms with Crippen molar-refractivity contribution in [3.05, 3.63) is 59.7 Å². The smallest absolute Gasteiger partial charge is 0.226 e. The van der Waals surface area contributed by atoms with Gasteiger partial charge in [-0.1, -0.05) is 30.3 Å². The maximum Gasteiger partial charge on any atom is 0.226 e. The Kier molecular flexibility index (Phi) is 4.57. The highest BCUT2D eigenvalue weighted by Crippen LogP contribution is 2.41. The molecule has 0 fully saturated rings. The van der Waals surface area contributed by atoms with Crippen LogP contribution in [0.4, 0.5) is 5.82 Å². The molecule has 1 aliphatic heterocycles. The number of ether oxygens (including phenoxy) is 2. The van der Waals surface area contributed by atoms with Crippen molar-refractivity contribution in [1.82, 2.24) is 10.2 Å². The number of Topliss-reactive ketones (excluding diaryl/α,β-unsaturated/α-hetero) is 1. The zero-order valence-corrected chi connectivity index (χ0v) is 15.5. The number of rotatable bonds is 5. The number of nitrogens with one attached hydrogen (secondary N) is 2. The molecule has 2 N–H and O–H groups in total. The first kappa shape index (κ1) is 17.8. The van der Waals surface area contributed by atoms with E-state index in [1.807, 2.05) is 30.3 Å². The van der Waals surface area contributed by atoms with Crippen LogP contribution in [0, 0.1) is 0 Å². The minimum absolute atomic E-state index is 0.0333. The van der Waals surface area contributed by atoms with Crippen molar-refractivity contribution in [3.8, 4) is 22.8 Å². The molecule has 1 unspecified atom stereocenters. The summed E-state index contributed by atoms with van der Waals surface area (Å²) >= 11 is 0. The molecule has 142 valence electrons. The summed E-state index contributed by atoms with van der Waals surface area (Å²) in [7, 11) is 3.04. The second kappa shape index (κ2) is 7.19. The molecule has 28 heavy (non-hydrogen) atoms. The number of amides is 1. The monoisotopic (exact) mass is 377 g/mol. The fourth-order valence-corrected chi connectivity index (χ4v) is 3.50. The molecule has 0 bridgehead atoms. The number of anilines is 1. The number of benzene rings is 2. The van der Waals surface area contributed by atoms with E-state index in [1.165, 1.54) is 14.2 Å². The SMILES string of the molecule is COc1ccc(OC)c(C(=O)C2CC(=O)Nc3n[nH]c(-c4ccccc4)c32)c1. The maximum absolute atomic E-state index is 13.5. The lowest BCUT2D eigenvalue weighted by Gasteiger charge is -2.23. The quantitative estimate of drug-likeness (QED) is 0.665. The lowest BCUT2D eigenvalue weighted by atomic mass is 9.84. The lowest BCUT2D eigenvalue weighted by molar-refractivity contribution is -0.116. The summed E-state index contributed by atoms with van der Waals surface area (Å²) in [6.45, 7) is 0. The Labute approximate surface area is 161 Å². The molecule has 0 radical (unpaired) electrons. The molecule has 1 atom stereocenters. The second-order valence-electron chi connectivity index (χ2n) is 6.46. The van der Waals surface area contributed by atoms with Gasteiger partial charge in [-0.25, -0.2) is 0 Å². The number of H-pyrrole nitrogens is 1. The summed E-state index contributed by atoms with van der Waals surface area (Å²) in [5.41, 5.74) is 2.66. The maximum atomic E-state index is 13.5. The molecule has 0 saturated heterocycles. The molecule has 0 spiro atoms. The molecular formula is C21H19N3O4. The van der Waals surface area contributed by atoms with Crippen LogP contribution in [0.2, 0.25) is 0 Å². The van der Waals surface area contributed by atoms with E-state index in [1.54, 1.807) is 18.2 Å². The number of carbonyl (C=O) groups excluding carboxylic acids is 2. The normalized spacial score (nSPS) is 15.5. The minimum Gasteiger partial charge on any atom is -0.497 e. The van der Waals surface area contributed by atoms with Crippen LogP contribution in [-0.4, -0.2) is 36.1 Å². The van der Waals surface area contributed by atoms with E-state index in [0.717, 1.165) is 11.3 Å². The summed E-state index contributed by atoms with van der Waals surface area (Å²) in [5.74, 6) is 0.210. The second-order valence-corrected chi connectivity index (χ2v) is 6.46. The molecule has 4 rings (SSSR count). The van der Waals surface area contributed by atoms with Crippen LogP contribution in [0.25, 0.3) is 11.3 Å². The molecule has 7 nitrogen and oxygen atoms in total. The van der Waals surface area contributed by atoms with E-state index < -0.39 is 5.92 Å². The number of nitrogens with zero attached hydrogens (tertiary/aromatic N) is 1. The first-order valence-corrected chi connectivity index (χ1v) is 8.82. The molecular weight excluding hydrogens is 358 g/mol. The molecule has 2 heterocycles. The third kappa shape index (κ3) is 3.00. The van der Waals surface area contributed by atoms with Crippen LogP contribution >= 0.6 is 0 Å². The molecule has 7 heteroatoms. The van der Waals surface area contributed by atoms with Gasteiger partial charge in [0.05, 0.1) is 31.4 Å². The topological polar surface area (TPSA) is 93.3 Å². The van der Waals surface area contributed by atoms with Gasteiger partial charge in [-0.3, -0.25) is 14.7 Å². The summed E-state index contributed by atoms with van der Waals surface area (Å²) in [6.07, 6.45) is 0.0333. The summed E-state index contributed by atoms with van der Waals surface area (Å²) in [6, 6.07) is 14.6. The van der Waals surface area contributed by atoms with E-state index in [9.17, 15) is 9.59 Å². The van der Waals surface area contributed by atoms with Crippen LogP contribution < -0.4 is 14.8 Å². The summed E-state index contributed by atoms with van der Waals surface area (Å²) < 4.78 is 10.6. The van der Waals surface area contributed by atoms with Gasteiger partial charge in [0.1, 0.15) is 11.5 Å². The summed E-state index contributed by atoms with van der Waals surface area (Å²) in [4.78, 5) is 25.7. The van der Waals surface area contributed by atoms with Gasteiger partial charge >= 0.3 is 0 Å². The van der Waals surface area contributed by atoms with Crippen LogP contribution in [0.5, 0.6) is 11.5 Å². The van der Waals surface area contributed by atoms with Gasteiger partial charge in [0.2, 0.25) is 5.91 Å². The van der Waals surface area contributed by atoms with Crippen molar-refractivity contribution in [2.24, 2.45) is 0 Å². The van der Waals surface area contributed by atoms with Gasteiger partial charge in [0, 0.05) is 12.0 Å². The molecule has 1 aromatic heterocycles. The van der Waals surface area contributed by atoms with Crippen LogP contribution in [0.1, 0.15) is 28.3 Å². The zero-order valence-electron chi connectivity index (χ0n) is 15.5. The van der Waals surface area contributed by atoms with Crippen molar-refractivity contribution in [2.45, 2.75) is 12.3 Å². The van der Waals surface area contributed by atoms with Crippen molar-refractivity contribution < 1.29 is 19.1 Å². The lowest BCUT2D eigenvalue weighted by Crippen LogP contribution is -2.27. The first-order chi connectivity index (χ1) is 13.6. The van der Waals surface area contributed by atoms with Crippen molar-refractivity contribution >= 4 is 17.5 Å². The first-order valence-electron chi connectivity index (χ1n) is 8.82. The minimum atomic E-state index is -0.682. The van der Waals surface area contributed by atoms with Crippen molar-refractivity contribution in [1.29, 1.82) is 0 Å². The fourth-order valence-electron chi connectivity index (χ4n) is 3.50. The Morgan fingerprint density at radius 3 is 2.61 bits per heavy atom. The van der Waals surface area contributed by atoms with Crippen LogP contribution in [0.15, 0.2) is 48.5 Å².